The molecule has 0 bridgehead atoms. The van der Waals surface area contributed by atoms with Crippen LogP contribution in [-0.4, -0.2) is 30.9 Å². The average Bonchev–Trinajstić information content (AvgIpc) is 3.26. The zero-order chi connectivity index (χ0) is 17.1. The highest BCUT2D eigenvalue weighted by atomic mass is 35.5. The van der Waals surface area contributed by atoms with E-state index in [2.05, 4.69) is 27.3 Å². The molecular weight excluding hydrogens is 348 g/mol. The molecule has 0 radical (unpaired) electrons. The number of halogens is 1. The molecule has 0 saturated carbocycles. The normalized spacial score (nSPS) is 11.6. The molecule has 0 aliphatic rings. The molecular formula is C15H17ClN6OS. The highest BCUT2D eigenvalue weighted by molar-refractivity contribution is 7.71. The van der Waals surface area contributed by atoms with Crippen LogP contribution in [0.2, 0.25) is 5.15 Å². The molecule has 7 nitrogen and oxygen atoms in total. The van der Waals surface area contributed by atoms with Crippen LogP contribution in [0.3, 0.4) is 0 Å². The van der Waals surface area contributed by atoms with E-state index in [4.69, 9.17) is 28.2 Å². The van der Waals surface area contributed by atoms with E-state index in [0.717, 1.165) is 30.6 Å². The molecule has 24 heavy (non-hydrogen) atoms. The van der Waals surface area contributed by atoms with Gasteiger partial charge in [-0.25, -0.2) is 5.10 Å². The van der Waals surface area contributed by atoms with Crippen molar-refractivity contribution in [2.24, 2.45) is 5.10 Å². The predicted molar refractivity (Wildman–Crippen MR) is 95.0 cm³/mol. The van der Waals surface area contributed by atoms with Gasteiger partial charge in [-0.1, -0.05) is 24.9 Å². The lowest BCUT2D eigenvalue weighted by atomic mass is 10.3. The summed E-state index contributed by atoms with van der Waals surface area (Å²) < 4.78 is 9.01. The van der Waals surface area contributed by atoms with Gasteiger partial charge in [-0.2, -0.15) is 14.9 Å². The minimum atomic E-state index is 0.366. The van der Waals surface area contributed by atoms with Crippen molar-refractivity contribution in [2.45, 2.75) is 33.2 Å². The maximum Gasteiger partial charge on any atom is 0.219 e. The molecule has 9 heteroatoms. The highest BCUT2D eigenvalue weighted by Crippen LogP contribution is 2.20. The summed E-state index contributed by atoms with van der Waals surface area (Å²) in [5, 5.41) is 16.3. The molecule has 3 rings (SSSR count). The van der Waals surface area contributed by atoms with Crippen LogP contribution >= 0.6 is 23.8 Å². The maximum atomic E-state index is 6.42. The van der Waals surface area contributed by atoms with E-state index in [1.54, 1.807) is 29.3 Å². The van der Waals surface area contributed by atoms with Gasteiger partial charge in [0.25, 0.3) is 0 Å². The molecule has 0 aliphatic heterocycles. The number of furan rings is 1. The SMILES string of the molecule is CCCCn1nc(C)c(/C=N\n2c(-c3ccco3)n[nH]c2=S)c1Cl. The fourth-order valence-corrected chi connectivity index (χ4v) is 2.74. The van der Waals surface area contributed by atoms with Crippen LogP contribution in [0.15, 0.2) is 27.9 Å². The fourth-order valence-electron chi connectivity index (χ4n) is 2.25. The van der Waals surface area contributed by atoms with Crippen molar-refractivity contribution in [3.8, 4) is 11.6 Å². The van der Waals surface area contributed by atoms with Crippen LogP contribution in [0, 0.1) is 11.7 Å². The summed E-state index contributed by atoms with van der Waals surface area (Å²) in [5.41, 5.74) is 1.58. The van der Waals surface area contributed by atoms with Crippen molar-refractivity contribution < 1.29 is 4.42 Å². The Hall–Kier alpha value is -2.19. The number of H-pyrrole nitrogens is 1. The molecule has 0 amide bonds. The van der Waals surface area contributed by atoms with E-state index < -0.39 is 0 Å². The molecule has 0 unspecified atom stereocenters. The first-order valence-electron chi connectivity index (χ1n) is 7.60. The second kappa shape index (κ2) is 7.14. The van der Waals surface area contributed by atoms with E-state index in [1.807, 2.05) is 6.92 Å². The van der Waals surface area contributed by atoms with Crippen molar-refractivity contribution >= 4 is 30.0 Å². The van der Waals surface area contributed by atoms with Crippen LogP contribution in [0.4, 0.5) is 0 Å². The average molecular weight is 365 g/mol. The molecule has 0 saturated heterocycles. The number of nitrogens with one attached hydrogen (secondary N) is 1. The van der Waals surface area contributed by atoms with Gasteiger partial charge >= 0.3 is 0 Å². The van der Waals surface area contributed by atoms with Gasteiger partial charge in [0.1, 0.15) is 5.15 Å². The Bertz CT molecular complexity index is 905. The molecule has 3 aromatic rings. The minimum Gasteiger partial charge on any atom is -0.461 e. The van der Waals surface area contributed by atoms with Crippen molar-refractivity contribution in [3.63, 3.8) is 0 Å². The molecule has 0 spiro atoms. The Morgan fingerprint density at radius 1 is 1.50 bits per heavy atom. The first-order valence-corrected chi connectivity index (χ1v) is 8.39. The lowest BCUT2D eigenvalue weighted by Crippen LogP contribution is -2.00. The number of nitrogens with zero attached hydrogens (tertiary/aromatic N) is 5. The molecule has 3 heterocycles. The number of unbranched alkanes of at least 4 members (excludes halogenated alkanes) is 1. The Labute approximate surface area is 148 Å². The van der Waals surface area contributed by atoms with E-state index in [-0.39, 0.29) is 0 Å². The number of hydrogen-bond donors (Lipinski definition) is 1. The lowest BCUT2D eigenvalue weighted by molar-refractivity contribution is 0.569. The summed E-state index contributed by atoms with van der Waals surface area (Å²) in [5.74, 6) is 1.06. The van der Waals surface area contributed by atoms with Crippen LogP contribution in [0.1, 0.15) is 31.0 Å². The first-order chi connectivity index (χ1) is 11.6. The molecule has 1 N–H and O–H groups in total. The van der Waals surface area contributed by atoms with Crippen LogP contribution in [-0.2, 0) is 6.54 Å². The third kappa shape index (κ3) is 3.20. The van der Waals surface area contributed by atoms with Crippen LogP contribution in [0.5, 0.6) is 0 Å². The van der Waals surface area contributed by atoms with Gasteiger partial charge in [-0.3, -0.25) is 4.68 Å². The maximum absolute atomic E-state index is 6.42. The van der Waals surface area contributed by atoms with E-state index in [9.17, 15) is 0 Å². The third-order valence-electron chi connectivity index (χ3n) is 3.53. The fraction of sp³-hybridized carbons (Fsp3) is 0.333. The Kier molecular flexibility index (Phi) is 4.96. The predicted octanol–water partition coefficient (Wildman–Crippen LogP) is 4.04. The first kappa shape index (κ1) is 16.7. The molecule has 0 aromatic carbocycles. The van der Waals surface area contributed by atoms with E-state index in [1.165, 1.54) is 4.68 Å². The zero-order valence-corrected chi connectivity index (χ0v) is 14.9. The van der Waals surface area contributed by atoms with Crippen LogP contribution < -0.4 is 0 Å². The summed E-state index contributed by atoms with van der Waals surface area (Å²) in [6.45, 7) is 4.81. The number of hydrogen-bond acceptors (Lipinski definition) is 5. The van der Waals surface area contributed by atoms with Crippen molar-refractivity contribution in [1.29, 1.82) is 0 Å². The monoisotopic (exact) mass is 364 g/mol. The topological polar surface area (TPSA) is 76.9 Å². The Morgan fingerprint density at radius 3 is 3.04 bits per heavy atom. The summed E-state index contributed by atoms with van der Waals surface area (Å²) in [7, 11) is 0. The number of aromatic amines is 1. The minimum absolute atomic E-state index is 0.366. The van der Waals surface area contributed by atoms with Gasteiger partial charge in [0.05, 0.1) is 23.7 Å². The quantitative estimate of drug-likeness (QED) is 0.529. The van der Waals surface area contributed by atoms with E-state index in [0.29, 0.717) is 21.5 Å². The van der Waals surface area contributed by atoms with Gasteiger partial charge in [-0.05, 0) is 37.7 Å². The molecule has 3 aromatic heterocycles. The van der Waals surface area contributed by atoms with E-state index >= 15 is 0 Å². The molecule has 0 fully saturated rings. The lowest BCUT2D eigenvalue weighted by Gasteiger charge is -2.00. The molecule has 0 atom stereocenters. The van der Waals surface area contributed by atoms with Gasteiger partial charge in [-0.15, -0.1) is 5.10 Å². The standard InChI is InChI=1S/C15H17ClN6OS/c1-3-4-7-21-13(16)11(10(2)20-21)9-17-22-14(18-19-15(22)24)12-6-5-8-23-12/h5-6,8-9H,3-4,7H2,1-2H3,(H,19,24)/b17-9-. The van der Waals surface area contributed by atoms with Crippen LogP contribution in [0.25, 0.3) is 11.6 Å². The second-order valence-electron chi connectivity index (χ2n) is 5.25. The highest BCUT2D eigenvalue weighted by Gasteiger charge is 2.13. The Balaban J connectivity index is 1.94. The van der Waals surface area contributed by atoms with Crippen molar-refractivity contribution in [2.75, 3.05) is 0 Å². The van der Waals surface area contributed by atoms with Crippen molar-refractivity contribution in [1.82, 2.24) is 24.7 Å². The molecule has 0 aliphatic carbocycles. The van der Waals surface area contributed by atoms with Gasteiger partial charge < -0.3 is 4.42 Å². The largest absolute Gasteiger partial charge is 0.461 e. The summed E-state index contributed by atoms with van der Waals surface area (Å²) in [6.07, 6.45) is 5.31. The number of aromatic nitrogens is 5. The van der Waals surface area contributed by atoms with Gasteiger partial charge in [0.15, 0.2) is 5.76 Å². The second-order valence-corrected chi connectivity index (χ2v) is 6.00. The van der Waals surface area contributed by atoms with Gasteiger partial charge in [0, 0.05) is 6.54 Å². The molecule has 126 valence electrons. The summed E-state index contributed by atoms with van der Waals surface area (Å²) in [6, 6.07) is 3.57. The number of aryl methyl sites for hydroxylation is 2. The summed E-state index contributed by atoms with van der Waals surface area (Å²) >= 11 is 11.6. The Morgan fingerprint density at radius 2 is 2.33 bits per heavy atom. The number of rotatable bonds is 6. The summed E-state index contributed by atoms with van der Waals surface area (Å²) in [4.78, 5) is 0. The third-order valence-corrected chi connectivity index (χ3v) is 4.19. The van der Waals surface area contributed by atoms with Crippen molar-refractivity contribution in [3.05, 3.63) is 39.6 Å². The zero-order valence-electron chi connectivity index (χ0n) is 13.4. The smallest absolute Gasteiger partial charge is 0.219 e. The van der Waals surface area contributed by atoms with Gasteiger partial charge in [0.2, 0.25) is 10.6 Å².